The van der Waals surface area contributed by atoms with Crippen LogP contribution in [-0.2, 0) is 14.8 Å². The van der Waals surface area contributed by atoms with Crippen LogP contribution in [0.4, 0.5) is 15.8 Å². The van der Waals surface area contributed by atoms with Gasteiger partial charge in [0.2, 0.25) is 15.9 Å². The van der Waals surface area contributed by atoms with E-state index >= 15 is 0 Å². The minimum absolute atomic E-state index is 0.165. The van der Waals surface area contributed by atoms with E-state index in [0.717, 1.165) is 42.0 Å². The van der Waals surface area contributed by atoms with Gasteiger partial charge in [-0.3, -0.25) is 13.9 Å². The predicted octanol–water partition coefficient (Wildman–Crippen LogP) is 3.25. The summed E-state index contributed by atoms with van der Waals surface area (Å²) in [4.78, 5) is 27.7. The first-order valence-electron chi connectivity index (χ1n) is 10.1. The highest BCUT2D eigenvalue weighted by Gasteiger charge is 2.30. The fraction of sp³-hybridized carbons (Fsp3) is 0.364. The Labute approximate surface area is 181 Å². The van der Waals surface area contributed by atoms with Crippen molar-refractivity contribution in [2.75, 3.05) is 29.0 Å². The number of sulfonamides is 1. The quantitative estimate of drug-likeness (QED) is 0.737. The molecule has 0 unspecified atom stereocenters. The number of piperidine rings is 1. The van der Waals surface area contributed by atoms with E-state index in [9.17, 15) is 22.4 Å². The van der Waals surface area contributed by atoms with Crippen LogP contribution in [0.5, 0.6) is 0 Å². The standard InChI is InChI=1S/C22H26FN3O4S/c1-16(26(31(2,29)30)18-12-10-17(23)11-13-18)21(27)24-20-9-5-4-8-19(20)22(28)25-14-6-3-7-15-25/h4-5,8-13,16H,3,6-7,14-15H2,1-2H3,(H,24,27)/t16-/m0/s1. The lowest BCUT2D eigenvalue weighted by Crippen LogP contribution is -2.45. The zero-order chi connectivity index (χ0) is 22.6. The van der Waals surface area contributed by atoms with Crippen LogP contribution in [0.15, 0.2) is 48.5 Å². The number of amides is 2. The van der Waals surface area contributed by atoms with Crippen LogP contribution in [0.25, 0.3) is 0 Å². The van der Waals surface area contributed by atoms with Gasteiger partial charge in [-0.2, -0.15) is 0 Å². The Bertz CT molecular complexity index is 1050. The van der Waals surface area contributed by atoms with Crippen molar-refractivity contribution < 1.29 is 22.4 Å². The van der Waals surface area contributed by atoms with Crippen LogP contribution in [-0.4, -0.2) is 50.5 Å². The van der Waals surface area contributed by atoms with Crippen LogP contribution in [0.3, 0.4) is 0 Å². The Kier molecular flexibility index (Phi) is 6.94. The van der Waals surface area contributed by atoms with Gasteiger partial charge in [-0.25, -0.2) is 12.8 Å². The number of benzene rings is 2. The van der Waals surface area contributed by atoms with Crippen molar-refractivity contribution >= 4 is 33.2 Å². The summed E-state index contributed by atoms with van der Waals surface area (Å²) < 4.78 is 39.0. The Morgan fingerprint density at radius 2 is 1.65 bits per heavy atom. The average molecular weight is 448 g/mol. The summed E-state index contributed by atoms with van der Waals surface area (Å²) in [5, 5.41) is 2.70. The van der Waals surface area contributed by atoms with Crippen LogP contribution in [0.2, 0.25) is 0 Å². The third kappa shape index (κ3) is 5.41. The number of carbonyl (C=O) groups excluding carboxylic acids is 2. The second-order valence-corrected chi connectivity index (χ2v) is 9.46. The minimum atomic E-state index is -3.84. The monoisotopic (exact) mass is 447 g/mol. The molecule has 31 heavy (non-hydrogen) atoms. The molecule has 1 heterocycles. The summed E-state index contributed by atoms with van der Waals surface area (Å²) in [6.07, 6.45) is 3.95. The lowest BCUT2D eigenvalue weighted by Gasteiger charge is -2.29. The van der Waals surface area contributed by atoms with E-state index in [1.54, 1.807) is 29.2 Å². The first-order valence-corrected chi connectivity index (χ1v) is 12.0. The molecule has 166 valence electrons. The van der Waals surface area contributed by atoms with Gasteiger partial charge in [0.25, 0.3) is 5.91 Å². The van der Waals surface area contributed by atoms with Crippen LogP contribution in [0, 0.1) is 5.82 Å². The first-order chi connectivity index (χ1) is 14.7. The summed E-state index contributed by atoms with van der Waals surface area (Å²) in [6.45, 7) is 2.78. The van der Waals surface area contributed by atoms with Crippen molar-refractivity contribution in [2.24, 2.45) is 0 Å². The Morgan fingerprint density at radius 3 is 2.26 bits per heavy atom. The number of anilines is 2. The van der Waals surface area contributed by atoms with Crippen molar-refractivity contribution in [2.45, 2.75) is 32.2 Å². The highest BCUT2D eigenvalue weighted by Crippen LogP contribution is 2.24. The van der Waals surface area contributed by atoms with E-state index in [-0.39, 0.29) is 11.6 Å². The molecule has 9 heteroatoms. The highest BCUT2D eigenvalue weighted by atomic mass is 32.2. The third-order valence-corrected chi connectivity index (χ3v) is 6.47. The lowest BCUT2D eigenvalue weighted by molar-refractivity contribution is -0.116. The fourth-order valence-corrected chi connectivity index (χ4v) is 4.85. The Balaban J connectivity index is 1.84. The summed E-state index contributed by atoms with van der Waals surface area (Å²) >= 11 is 0. The molecule has 7 nitrogen and oxygen atoms in total. The van der Waals surface area contributed by atoms with Gasteiger partial charge in [0, 0.05) is 13.1 Å². The van der Waals surface area contributed by atoms with Gasteiger partial charge in [0.15, 0.2) is 0 Å². The number of hydrogen-bond acceptors (Lipinski definition) is 4. The molecule has 0 spiro atoms. The number of halogens is 1. The fourth-order valence-electron chi connectivity index (χ4n) is 3.68. The molecular weight excluding hydrogens is 421 g/mol. The van der Waals surface area contributed by atoms with E-state index in [1.165, 1.54) is 19.1 Å². The van der Waals surface area contributed by atoms with Crippen molar-refractivity contribution in [3.63, 3.8) is 0 Å². The van der Waals surface area contributed by atoms with E-state index in [1.807, 2.05) is 0 Å². The van der Waals surface area contributed by atoms with Crippen molar-refractivity contribution in [1.82, 2.24) is 4.90 Å². The Morgan fingerprint density at radius 1 is 1.03 bits per heavy atom. The van der Waals surface area contributed by atoms with E-state index in [4.69, 9.17) is 0 Å². The maximum atomic E-state index is 13.3. The second kappa shape index (κ2) is 9.47. The van der Waals surface area contributed by atoms with Crippen LogP contribution in [0.1, 0.15) is 36.5 Å². The van der Waals surface area contributed by atoms with E-state index in [2.05, 4.69) is 5.32 Å². The Hall–Kier alpha value is -2.94. The molecule has 0 saturated carbocycles. The molecule has 3 rings (SSSR count). The SMILES string of the molecule is C[C@@H](C(=O)Nc1ccccc1C(=O)N1CCCCC1)N(c1ccc(F)cc1)S(C)(=O)=O. The molecule has 1 aliphatic rings. The topological polar surface area (TPSA) is 86.8 Å². The number of nitrogens with zero attached hydrogens (tertiary/aromatic N) is 2. The zero-order valence-electron chi connectivity index (χ0n) is 17.5. The van der Waals surface area contributed by atoms with Gasteiger partial charge in [-0.05, 0) is 62.6 Å². The smallest absolute Gasteiger partial charge is 0.255 e. The number of para-hydroxylation sites is 1. The number of rotatable bonds is 6. The highest BCUT2D eigenvalue weighted by molar-refractivity contribution is 7.92. The molecule has 0 aliphatic carbocycles. The van der Waals surface area contributed by atoms with Gasteiger partial charge in [-0.1, -0.05) is 12.1 Å². The number of hydrogen-bond donors (Lipinski definition) is 1. The number of likely N-dealkylation sites (tertiary alicyclic amines) is 1. The van der Waals surface area contributed by atoms with Gasteiger partial charge in [0.1, 0.15) is 11.9 Å². The molecule has 0 aromatic heterocycles. The zero-order valence-corrected chi connectivity index (χ0v) is 18.4. The molecule has 1 saturated heterocycles. The van der Waals surface area contributed by atoms with Gasteiger partial charge >= 0.3 is 0 Å². The molecule has 1 aliphatic heterocycles. The summed E-state index contributed by atoms with van der Waals surface area (Å²) in [5.41, 5.74) is 0.851. The van der Waals surface area contributed by atoms with Gasteiger partial charge in [0.05, 0.1) is 23.2 Å². The minimum Gasteiger partial charge on any atom is -0.339 e. The molecule has 2 amide bonds. The maximum Gasteiger partial charge on any atom is 0.255 e. The summed E-state index contributed by atoms with van der Waals surface area (Å²) in [7, 11) is -3.84. The molecule has 2 aromatic carbocycles. The molecule has 1 atom stereocenters. The summed E-state index contributed by atoms with van der Waals surface area (Å²) in [6, 6.07) is 10.4. The van der Waals surface area contributed by atoms with Crippen molar-refractivity contribution in [3.05, 3.63) is 59.9 Å². The van der Waals surface area contributed by atoms with E-state index in [0.29, 0.717) is 24.3 Å². The second-order valence-electron chi connectivity index (χ2n) is 7.60. The van der Waals surface area contributed by atoms with E-state index < -0.39 is 27.8 Å². The maximum absolute atomic E-state index is 13.3. The molecule has 0 bridgehead atoms. The molecule has 1 N–H and O–H groups in total. The number of carbonyl (C=O) groups is 2. The van der Waals surface area contributed by atoms with Crippen molar-refractivity contribution in [3.8, 4) is 0 Å². The van der Waals surface area contributed by atoms with Crippen LogP contribution < -0.4 is 9.62 Å². The first kappa shape index (κ1) is 22.7. The largest absolute Gasteiger partial charge is 0.339 e. The van der Waals surface area contributed by atoms with Gasteiger partial charge < -0.3 is 10.2 Å². The summed E-state index contributed by atoms with van der Waals surface area (Å²) in [5.74, 6) is -1.28. The average Bonchev–Trinajstić information content (AvgIpc) is 2.75. The van der Waals surface area contributed by atoms with Crippen molar-refractivity contribution in [1.29, 1.82) is 0 Å². The predicted molar refractivity (Wildman–Crippen MR) is 118 cm³/mol. The molecule has 1 fully saturated rings. The van der Waals surface area contributed by atoms with Crippen LogP contribution >= 0.6 is 0 Å². The molecule has 0 radical (unpaired) electrons. The molecule has 2 aromatic rings. The lowest BCUT2D eigenvalue weighted by atomic mass is 10.1. The third-order valence-electron chi connectivity index (χ3n) is 5.23. The normalized spacial score (nSPS) is 15.3. The van der Waals surface area contributed by atoms with Gasteiger partial charge in [-0.15, -0.1) is 0 Å². The molecular formula is C22H26FN3O4S. The number of nitrogens with one attached hydrogen (secondary N) is 1.